The van der Waals surface area contributed by atoms with Crippen LogP contribution in [0, 0.1) is 0 Å². The number of alkyl halides is 1. The smallest absolute Gasteiger partial charge is 0.338 e. The molecule has 0 unspecified atom stereocenters. The van der Waals surface area contributed by atoms with Crippen molar-refractivity contribution in [3.8, 4) is 5.75 Å². The molecule has 1 atom stereocenters. The highest BCUT2D eigenvalue weighted by atomic mass is 35.5. The van der Waals surface area contributed by atoms with E-state index in [9.17, 15) is 4.79 Å². The third kappa shape index (κ3) is 3.75. The Morgan fingerprint density at radius 3 is 2.68 bits per heavy atom. The van der Waals surface area contributed by atoms with E-state index in [2.05, 4.69) is 4.98 Å². The van der Waals surface area contributed by atoms with Crippen molar-refractivity contribution < 1.29 is 19.0 Å². The zero-order valence-corrected chi connectivity index (χ0v) is 15.7. The van der Waals surface area contributed by atoms with Crippen LogP contribution in [-0.2, 0) is 21.9 Å². The maximum absolute atomic E-state index is 12.1. The Balaban J connectivity index is 2.16. The largest absolute Gasteiger partial charge is 0.486 e. The monoisotopic (exact) mass is 366 g/mol. The van der Waals surface area contributed by atoms with E-state index in [0.717, 1.165) is 24.4 Å². The molecule has 1 aromatic carbocycles. The molecule has 0 N–H and O–H groups in total. The zero-order valence-electron chi connectivity index (χ0n) is 15.0. The fourth-order valence-corrected chi connectivity index (χ4v) is 3.03. The van der Waals surface area contributed by atoms with Crippen molar-refractivity contribution in [3.63, 3.8) is 0 Å². The Hall–Kier alpha value is -1.79. The number of halogens is 1. The molecule has 1 saturated heterocycles. The van der Waals surface area contributed by atoms with Gasteiger partial charge in [-0.15, -0.1) is 11.6 Å². The van der Waals surface area contributed by atoms with Crippen molar-refractivity contribution in [2.75, 3.05) is 13.7 Å². The Kier molecular flexibility index (Phi) is 4.93. The number of rotatable bonds is 5. The number of hydrogen-bond acceptors (Lipinski definition) is 5. The molecule has 0 saturated carbocycles. The number of methoxy groups -OCH3 is 1. The number of benzene rings is 1. The van der Waals surface area contributed by atoms with Crippen LogP contribution in [0.2, 0.25) is 0 Å². The highest BCUT2D eigenvalue weighted by Crippen LogP contribution is 2.32. The Labute approximate surface area is 152 Å². The van der Waals surface area contributed by atoms with Gasteiger partial charge in [0, 0.05) is 6.61 Å². The molecule has 1 fully saturated rings. The highest BCUT2D eigenvalue weighted by molar-refractivity contribution is 6.17. The van der Waals surface area contributed by atoms with E-state index in [-0.39, 0.29) is 12.0 Å². The number of esters is 1. The summed E-state index contributed by atoms with van der Waals surface area (Å²) >= 11 is 6.11. The number of carbonyl (C=O) groups is 1. The van der Waals surface area contributed by atoms with E-state index < -0.39 is 11.6 Å². The quantitative estimate of drug-likeness (QED) is 0.598. The van der Waals surface area contributed by atoms with Crippen LogP contribution in [0.3, 0.4) is 0 Å². The predicted octanol–water partition coefficient (Wildman–Crippen LogP) is 3.53. The van der Waals surface area contributed by atoms with Crippen LogP contribution in [0.25, 0.3) is 11.0 Å². The molecule has 3 rings (SSSR count). The number of nitrogens with zero attached hydrogens (tertiary/aromatic N) is 2. The van der Waals surface area contributed by atoms with E-state index >= 15 is 0 Å². The maximum Gasteiger partial charge on any atom is 0.338 e. The first kappa shape index (κ1) is 18.0. The molecule has 0 amide bonds. The van der Waals surface area contributed by atoms with E-state index in [1.807, 2.05) is 25.3 Å². The first-order valence-corrected chi connectivity index (χ1v) is 8.84. The summed E-state index contributed by atoms with van der Waals surface area (Å²) in [6.45, 7) is 7.28. The van der Waals surface area contributed by atoms with Gasteiger partial charge in [0.25, 0.3) is 0 Å². The van der Waals surface area contributed by atoms with Crippen LogP contribution < -0.4 is 4.74 Å². The molecular formula is C18H23ClN2O4. The van der Waals surface area contributed by atoms with Crippen LogP contribution in [0.1, 0.15) is 43.4 Å². The van der Waals surface area contributed by atoms with Crippen LogP contribution in [-0.4, -0.2) is 40.9 Å². The lowest BCUT2D eigenvalue weighted by Crippen LogP contribution is -2.31. The molecule has 1 aliphatic heterocycles. The van der Waals surface area contributed by atoms with E-state index in [4.69, 9.17) is 25.8 Å². The zero-order chi connectivity index (χ0) is 18.2. The number of aromatic nitrogens is 2. The van der Waals surface area contributed by atoms with E-state index in [0.29, 0.717) is 23.4 Å². The Bertz CT molecular complexity index is 790. The molecule has 0 aliphatic carbocycles. The lowest BCUT2D eigenvalue weighted by atomic mass is 10.1. The SMILES string of the molecule is COC(=O)c1cc(OC(C)(C)C)c2nc(CCl)n(C[C@@H]3CCO3)c2c1. The van der Waals surface area contributed by atoms with Crippen LogP contribution in [0.4, 0.5) is 0 Å². The highest BCUT2D eigenvalue weighted by Gasteiger charge is 2.25. The Morgan fingerprint density at radius 2 is 2.16 bits per heavy atom. The molecule has 2 heterocycles. The van der Waals surface area contributed by atoms with Crippen molar-refractivity contribution in [2.45, 2.75) is 51.3 Å². The summed E-state index contributed by atoms with van der Waals surface area (Å²) in [4.78, 5) is 16.7. The summed E-state index contributed by atoms with van der Waals surface area (Å²) in [5.74, 6) is 1.13. The second-order valence-electron chi connectivity index (χ2n) is 7.10. The van der Waals surface area contributed by atoms with Gasteiger partial charge in [0.1, 0.15) is 22.7 Å². The van der Waals surface area contributed by atoms with Crippen molar-refractivity contribution in [2.24, 2.45) is 0 Å². The normalized spacial score (nSPS) is 17.4. The molecule has 1 aromatic heterocycles. The minimum atomic E-state index is -0.427. The second-order valence-corrected chi connectivity index (χ2v) is 7.37. The first-order valence-electron chi connectivity index (χ1n) is 8.30. The summed E-state index contributed by atoms with van der Waals surface area (Å²) in [5, 5.41) is 0. The van der Waals surface area contributed by atoms with Crippen LogP contribution in [0.15, 0.2) is 12.1 Å². The topological polar surface area (TPSA) is 62.6 Å². The molecular weight excluding hydrogens is 344 g/mol. The molecule has 0 bridgehead atoms. The van der Waals surface area contributed by atoms with Gasteiger partial charge in [-0.05, 0) is 39.3 Å². The minimum absolute atomic E-state index is 0.146. The molecule has 7 heteroatoms. The van der Waals surface area contributed by atoms with Gasteiger partial charge in [-0.2, -0.15) is 0 Å². The summed E-state index contributed by atoms with van der Waals surface area (Å²) in [5.41, 5.74) is 1.49. The number of ether oxygens (including phenoxy) is 3. The Morgan fingerprint density at radius 1 is 1.44 bits per heavy atom. The number of hydrogen-bond donors (Lipinski definition) is 0. The van der Waals surface area contributed by atoms with Gasteiger partial charge in [0.05, 0.1) is 36.7 Å². The predicted molar refractivity (Wildman–Crippen MR) is 95.4 cm³/mol. The fraction of sp³-hybridized carbons (Fsp3) is 0.556. The molecule has 25 heavy (non-hydrogen) atoms. The number of fused-ring (bicyclic) bond motifs is 1. The van der Waals surface area contributed by atoms with E-state index in [1.54, 1.807) is 12.1 Å². The minimum Gasteiger partial charge on any atom is -0.486 e. The van der Waals surface area contributed by atoms with Crippen molar-refractivity contribution in [3.05, 3.63) is 23.5 Å². The number of carbonyl (C=O) groups excluding carboxylic acids is 1. The fourth-order valence-electron chi connectivity index (χ4n) is 2.82. The summed E-state index contributed by atoms with van der Waals surface area (Å²) in [6, 6.07) is 3.45. The van der Waals surface area contributed by atoms with Gasteiger partial charge >= 0.3 is 5.97 Å². The molecule has 6 nitrogen and oxygen atoms in total. The van der Waals surface area contributed by atoms with E-state index in [1.165, 1.54) is 7.11 Å². The number of imidazole rings is 1. The third-order valence-electron chi connectivity index (χ3n) is 4.03. The standard InChI is InChI=1S/C18H23ClN2O4/c1-18(2,3)25-14-8-11(17(22)23-4)7-13-16(14)20-15(9-19)21(13)10-12-5-6-24-12/h7-8,12H,5-6,9-10H2,1-4H3/t12-/m0/s1. The average molecular weight is 367 g/mol. The van der Waals surface area contributed by atoms with Gasteiger partial charge in [0.15, 0.2) is 0 Å². The average Bonchev–Trinajstić information content (AvgIpc) is 2.86. The third-order valence-corrected chi connectivity index (χ3v) is 4.27. The molecule has 136 valence electrons. The first-order chi connectivity index (χ1) is 11.8. The molecule has 1 aliphatic rings. The second kappa shape index (κ2) is 6.84. The summed E-state index contributed by atoms with van der Waals surface area (Å²) in [6.07, 6.45) is 1.15. The van der Waals surface area contributed by atoms with Gasteiger partial charge in [-0.25, -0.2) is 9.78 Å². The summed E-state index contributed by atoms with van der Waals surface area (Å²) in [7, 11) is 1.36. The summed E-state index contributed by atoms with van der Waals surface area (Å²) < 4.78 is 18.5. The molecule has 0 spiro atoms. The molecule has 0 radical (unpaired) electrons. The van der Waals surface area contributed by atoms with Gasteiger partial charge in [-0.3, -0.25) is 0 Å². The van der Waals surface area contributed by atoms with Gasteiger partial charge < -0.3 is 18.8 Å². The van der Waals surface area contributed by atoms with Crippen LogP contribution >= 0.6 is 11.6 Å². The van der Waals surface area contributed by atoms with Gasteiger partial charge in [-0.1, -0.05) is 0 Å². The van der Waals surface area contributed by atoms with Crippen LogP contribution in [0.5, 0.6) is 5.75 Å². The van der Waals surface area contributed by atoms with Crippen molar-refractivity contribution >= 4 is 28.6 Å². The maximum atomic E-state index is 12.1. The lowest BCUT2D eigenvalue weighted by molar-refractivity contribution is -0.0589. The lowest BCUT2D eigenvalue weighted by Gasteiger charge is -2.27. The molecule has 2 aromatic rings. The van der Waals surface area contributed by atoms with Gasteiger partial charge in [0.2, 0.25) is 0 Å². The van der Waals surface area contributed by atoms with Crippen molar-refractivity contribution in [1.29, 1.82) is 0 Å². The van der Waals surface area contributed by atoms with Crippen molar-refractivity contribution in [1.82, 2.24) is 9.55 Å².